The molecule has 4 aromatic rings. The number of hydrogen-bond acceptors (Lipinski definition) is 5. The van der Waals surface area contributed by atoms with Crippen molar-refractivity contribution >= 4 is 28.6 Å². The lowest BCUT2D eigenvalue weighted by Gasteiger charge is -2.17. The van der Waals surface area contributed by atoms with Crippen LogP contribution < -0.4 is 4.74 Å². The van der Waals surface area contributed by atoms with Crippen molar-refractivity contribution in [3.63, 3.8) is 0 Å². The van der Waals surface area contributed by atoms with Crippen LogP contribution in [0.2, 0.25) is 0 Å². The average Bonchev–Trinajstić information content (AvgIpc) is 2.84. The van der Waals surface area contributed by atoms with E-state index in [1.165, 1.54) is 41.1 Å². The number of methoxy groups -OCH3 is 1. The van der Waals surface area contributed by atoms with Gasteiger partial charge in [0.15, 0.2) is 0 Å². The van der Waals surface area contributed by atoms with Crippen molar-refractivity contribution in [2.75, 3.05) is 7.11 Å². The lowest BCUT2D eigenvalue weighted by molar-refractivity contribution is 0.0590. The van der Waals surface area contributed by atoms with Gasteiger partial charge in [-0.2, -0.15) is 0 Å². The van der Waals surface area contributed by atoms with Crippen LogP contribution in [-0.2, 0) is 17.1 Å². The van der Waals surface area contributed by atoms with Crippen LogP contribution in [0.5, 0.6) is 5.75 Å². The largest absolute Gasteiger partial charge is 0.487 e. The Balaban J connectivity index is 1.78. The van der Waals surface area contributed by atoms with Crippen LogP contribution in [0.1, 0.15) is 43.7 Å². The van der Waals surface area contributed by atoms with Crippen molar-refractivity contribution < 1.29 is 14.3 Å². The Morgan fingerprint density at radius 3 is 2.24 bits per heavy atom. The molecule has 174 valence electrons. The summed E-state index contributed by atoms with van der Waals surface area (Å²) in [5.74, 6) is 0.763. The van der Waals surface area contributed by atoms with Crippen LogP contribution in [0, 0.1) is 27.7 Å². The fourth-order valence-corrected chi connectivity index (χ4v) is 4.99. The molecule has 5 heteroatoms. The Morgan fingerprint density at radius 1 is 0.882 bits per heavy atom. The molecule has 0 aliphatic heterocycles. The van der Waals surface area contributed by atoms with Gasteiger partial charge in [0.05, 0.1) is 12.6 Å². The van der Waals surface area contributed by atoms with Gasteiger partial charge in [-0.05, 0) is 62.1 Å². The van der Waals surface area contributed by atoms with Gasteiger partial charge in [-0.25, -0.2) is 9.78 Å². The summed E-state index contributed by atoms with van der Waals surface area (Å²) in [5, 5.41) is 1.41. The van der Waals surface area contributed by atoms with Gasteiger partial charge in [-0.3, -0.25) is 0 Å². The van der Waals surface area contributed by atoms with Gasteiger partial charge in [0.1, 0.15) is 22.9 Å². The molecule has 0 aliphatic carbocycles. The molecule has 4 nitrogen and oxygen atoms in total. The molecular formula is C29H29NO3S. The van der Waals surface area contributed by atoms with Crippen LogP contribution in [0.4, 0.5) is 0 Å². The number of ether oxygens (including phenoxy) is 2. The summed E-state index contributed by atoms with van der Waals surface area (Å²) in [6.07, 6.45) is 0. The minimum absolute atomic E-state index is 0.354. The van der Waals surface area contributed by atoms with E-state index in [-0.39, 0.29) is 0 Å². The van der Waals surface area contributed by atoms with Crippen molar-refractivity contribution in [1.82, 2.24) is 4.98 Å². The first-order chi connectivity index (χ1) is 16.4. The molecule has 0 aliphatic rings. The second-order valence-electron chi connectivity index (χ2n) is 8.57. The second-order valence-corrected chi connectivity index (χ2v) is 9.53. The molecule has 0 atom stereocenters. The number of pyridine rings is 1. The van der Waals surface area contributed by atoms with Gasteiger partial charge < -0.3 is 9.47 Å². The number of aromatic nitrogens is 1. The van der Waals surface area contributed by atoms with Crippen LogP contribution in [0.25, 0.3) is 10.9 Å². The molecule has 0 saturated carbocycles. The number of thioether (sulfide) groups is 1. The molecule has 3 aromatic carbocycles. The number of aryl methyl sites for hydroxylation is 4. The minimum atomic E-state index is -0.447. The Morgan fingerprint density at radius 2 is 1.53 bits per heavy atom. The summed E-state index contributed by atoms with van der Waals surface area (Å²) < 4.78 is 11.6. The maximum atomic E-state index is 13.0. The standard InChI is InChI=1S/C29H29NO3S/c1-18-10-12-20(3)22(14-18)16-33-27-24-8-6-7-9-25(24)30-28(26(27)29(31)32-5)34-17-23-15-19(2)11-13-21(23)4/h6-15H,16-17H2,1-5H3. The number of carbonyl (C=O) groups is 1. The quantitative estimate of drug-likeness (QED) is 0.212. The maximum Gasteiger partial charge on any atom is 0.344 e. The molecule has 0 N–H and O–H groups in total. The zero-order chi connectivity index (χ0) is 24.2. The highest BCUT2D eigenvalue weighted by Crippen LogP contribution is 2.38. The molecule has 0 saturated heterocycles. The van der Waals surface area contributed by atoms with E-state index < -0.39 is 5.97 Å². The number of fused-ring (bicyclic) bond motifs is 1. The summed E-state index contributed by atoms with van der Waals surface area (Å²) in [6, 6.07) is 20.5. The highest BCUT2D eigenvalue weighted by molar-refractivity contribution is 7.98. The van der Waals surface area contributed by atoms with E-state index in [1.54, 1.807) is 0 Å². The molecule has 1 heterocycles. The summed E-state index contributed by atoms with van der Waals surface area (Å²) >= 11 is 1.53. The fraction of sp³-hybridized carbons (Fsp3) is 0.241. The van der Waals surface area contributed by atoms with Gasteiger partial charge in [0.25, 0.3) is 0 Å². The fourth-order valence-electron chi connectivity index (χ4n) is 3.90. The zero-order valence-corrected chi connectivity index (χ0v) is 21.1. The van der Waals surface area contributed by atoms with E-state index >= 15 is 0 Å². The summed E-state index contributed by atoms with van der Waals surface area (Å²) in [5.41, 5.74) is 8.20. The van der Waals surface area contributed by atoms with Gasteiger partial charge in [-0.1, -0.05) is 59.7 Å². The Labute approximate surface area is 205 Å². The third-order valence-corrected chi connectivity index (χ3v) is 6.97. The van der Waals surface area contributed by atoms with E-state index in [0.717, 1.165) is 22.0 Å². The molecule has 0 amide bonds. The Kier molecular flexibility index (Phi) is 7.23. The SMILES string of the molecule is COC(=O)c1c(SCc2cc(C)ccc2C)nc2ccccc2c1OCc1cc(C)ccc1C. The molecule has 0 bridgehead atoms. The van der Waals surface area contributed by atoms with Crippen molar-refractivity contribution in [2.45, 2.75) is 45.1 Å². The van der Waals surface area contributed by atoms with Crippen LogP contribution >= 0.6 is 11.8 Å². The van der Waals surface area contributed by atoms with Crippen LogP contribution in [-0.4, -0.2) is 18.1 Å². The van der Waals surface area contributed by atoms with Crippen molar-refractivity contribution in [3.05, 3.63) is 99.6 Å². The maximum absolute atomic E-state index is 13.0. The molecule has 0 unspecified atom stereocenters. The smallest absolute Gasteiger partial charge is 0.344 e. The topological polar surface area (TPSA) is 48.4 Å². The molecule has 34 heavy (non-hydrogen) atoms. The highest BCUT2D eigenvalue weighted by atomic mass is 32.2. The number of rotatable bonds is 7. The number of para-hydroxylation sites is 1. The van der Waals surface area contributed by atoms with Crippen molar-refractivity contribution in [1.29, 1.82) is 0 Å². The number of hydrogen-bond donors (Lipinski definition) is 0. The zero-order valence-electron chi connectivity index (χ0n) is 20.3. The monoisotopic (exact) mass is 471 g/mol. The summed E-state index contributed by atoms with van der Waals surface area (Å²) in [7, 11) is 1.39. The molecule has 1 aromatic heterocycles. The Hall–Kier alpha value is -3.31. The van der Waals surface area contributed by atoms with Gasteiger partial charge in [0.2, 0.25) is 0 Å². The first-order valence-corrected chi connectivity index (χ1v) is 12.2. The minimum Gasteiger partial charge on any atom is -0.487 e. The second kappa shape index (κ2) is 10.3. The van der Waals surface area contributed by atoms with Crippen molar-refractivity contribution in [3.8, 4) is 5.75 Å². The van der Waals surface area contributed by atoms with Gasteiger partial charge in [0, 0.05) is 11.1 Å². The third-order valence-electron chi connectivity index (χ3n) is 5.95. The van der Waals surface area contributed by atoms with Crippen molar-refractivity contribution in [2.24, 2.45) is 0 Å². The normalized spacial score (nSPS) is 11.0. The van der Waals surface area contributed by atoms with Gasteiger partial charge >= 0.3 is 5.97 Å². The molecule has 0 spiro atoms. The predicted molar refractivity (Wildman–Crippen MR) is 139 cm³/mol. The Bertz CT molecular complexity index is 1360. The average molecular weight is 472 g/mol. The van der Waals surface area contributed by atoms with Gasteiger partial charge in [-0.15, -0.1) is 11.8 Å². The molecule has 4 rings (SSSR count). The number of nitrogens with zero attached hydrogens (tertiary/aromatic N) is 1. The molecule has 0 radical (unpaired) electrons. The van der Waals surface area contributed by atoms with Crippen LogP contribution in [0.15, 0.2) is 65.7 Å². The van der Waals surface area contributed by atoms with E-state index in [2.05, 4.69) is 64.1 Å². The number of benzene rings is 3. The van der Waals surface area contributed by atoms with E-state index in [0.29, 0.717) is 28.7 Å². The summed E-state index contributed by atoms with van der Waals surface area (Å²) in [6.45, 7) is 8.67. The molecule has 0 fully saturated rings. The summed E-state index contributed by atoms with van der Waals surface area (Å²) in [4.78, 5) is 17.8. The first kappa shape index (κ1) is 23.8. The first-order valence-electron chi connectivity index (χ1n) is 11.3. The van der Waals surface area contributed by atoms with E-state index in [9.17, 15) is 4.79 Å². The highest BCUT2D eigenvalue weighted by Gasteiger charge is 2.24. The van der Waals surface area contributed by atoms with E-state index in [1.807, 2.05) is 24.3 Å². The number of carbonyl (C=O) groups excluding carboxylic acids is 1. The lowest BCUT2D eigenvalue weighted by atomic mass is 10.1. The predicted octanol–water partition coefficient (Wildman–Crippen LogP) is 7.13. The van der Waals surface area contributed by atoms with Crippen LogP contribution in [0.3, 0.4) is 0 Å². The number of esters is 1. The third kappa shape index (κ3) is 5.10. The molecular weight excluding hydrogens is 442 g/mol. The van der Waals surface area contributed by atoms with E-state index in [4.69, 9.17) is 14.5 Å². The lowest BCUT2D eigenvalue weighted by Crippen LogP contribution is -2.10.